The van der Waals surface area contributed by atoms with Gasteiger partial charge in [-0.3, -0.25) is 9.10 Å². The molecule has 0 radical (unpaired) electrons. The van der Waals surface area contributed by atoms with Crippen molar-refractivity contribution in [2.75, 3.05) is 23.7 Å². The van der Waals surface area contributed by atoms with Crippen LogP contribution >= 0.6 is 11.6 Å². The van der Waals surface area contributed by atoms with E-state index in [0.717, 1.165) is 27.4 Å². The third-order valence-electron chi connectivity index (χ3n) is 4.41. The average Bonchev–Trinajstić information content (AvgIpc) is 2.65. The van der Waals surface area contributed by atoms with E-state index < -0.39 is 16.1 Å². The molecule has 0 fully saturated rings. The summed E-state index contributed by atoms with van der Waals surface area (Å²) in [6.07, 6.45) is 1.40. The molecule has 0 saturated carbocycles. The second kappa shape index (κ2) is 9.98. The van der Waals surface area contributed by atoms with Gasteiger partial charge in [-0.1, -0.05) is 30.7 Å². The predicted octanol–water partition coefficient (Wildman–Crippen LogP) is 3.70. The van der Waals surface area contributed by atoms with E-state index in [1.54, 1.807) is 31.2 Å². The summed E-state index contributed by atoms with van der Waals surface area (Å²) in [4.78, 5) is 12.7. The van der Waals surface area contributed by atoms with Crippen molar-refractivity contribution in [3.05, 3.63) is 58.6 Å². The maximum absolute atomic E-state index is 12.7. The molecule has 1 atom stereocenters. The third kappa shape index (κ3) is 6.37. The fraction of sp³-hybridized carbons (Fsp3) is 0.381. The number of nitrogens with one attached hydrogen (secondary N) is 1. The Bertz CT molecular complexity index is 946. The van der Waals surface area contributed by atoms with Gasteiger partial charge in [0.15, 0.2) is 0 Å². The number of aryl methyl sites for hydroxylation is 2. The van der Waals surface area contributed by atoms with Crippen molar-refractivity contribution >= 4 is 33.2 Å². The maximum atomic E-state index is 12.7. The lowest BCUT2D eigenvalue weighted by Gasteiger charge is -2.30. The summed E-state index contributed by atoms with van der Waals surface area (Å²) in [7, 11) is -3.67. The van der Waals surface area contributed by atoms with Gasteiger partial charge in [0.25, 0.3) is 0 Å². The molecule has 1 N–H and O–H groups in total. The summed E-state index contributed by atoms with van der Waals surface area (Å²) < 4.78 is 31.7. The maximum Gasteiger partial charge on any atom is 0.244 e. The number of benzene rings is 2. The van der Waals surface area contributed by atoms with Crippen LogP contribution in [0.25, 0.3) is 0 Å². The molecule has 0 heterocycles. The standard InChI is InChI=1S/C21H27ClN2O4S/c1-5-19(24(29(4,26)27)18-10-8-17(22)9-11-18)21(25)23-12-13-28-20-14-15(2)6-7-16(20)3/h6-11,14,19H,5,12-13H2,1-4H3,(H,23,25). The predicted molar refractivity (Wildman–Crippen MR) is 117 cm³/mol. The lowest BCUT2D eigenvalue weighted by molar-refractivity contribution is -0.122. The molecule has 1 unspecified atom stereocenters. The number of hydrogen-bond donors (Lipinski definition) is 1. The highest BCUT2D eigenvalue weighted by atomic mass is 35.5. The molecule has 0 saturated heterocycles. The summed E-state index contributed by atoms with van der Waals surface area (Å²) >= 11 is 5.90. The highest BCUT2D eigenvalue weighted by molar-refractivity contribution is 7.92. The second-order valence-electron chi connectivity index (χ2n) is 6.87. The van der Waals surface area contributed by atoms with Gasteiger partial charge in [0.1, 0.15) is 18.4 Å². The Labute approximate surface area is 177 Å². The van der Waals surface area contributed by atoms with E-state index in [4.69, 9.17) is 16.3 Å². The summed E-state index contributed by atoms with van der Waals surface area (Å²) in [5.41, 5.74) is 2.50. The van der Waals surface area contributed by atoms with E-state index in [0.29, 0.717) is 17.1 Å². The first-order valence-corrected chi connectivity index (χ1v) is 11.6. The Morgan fingerprint density at radius 2 is 1.83 bits per heavy atom. The molecular weight excluding hydrogens is 412 g/mol. The Balaban J connectivity index is 2.05. The molecule has 0 aliphatic heterocycles. The van der Waals surface area contributed by atoms with Crippen LogP contribution in [0.1, 0.15) is 24.5 Å². The van der Waals surface area contributed by atoms with Crippen molar-refractivity contribution in [3.8, 4) is 5.75 Å². The number of carbonyl (C=O) groups is 1. The molecule has 0 aliphatic rings. The molecule has 1 amide bonds. The van der Waals surface area contributed by atoms with Crippen LogP contribution in [0, 0.1) is 13.8 Å². The van der Waals surface area contributed by atoms with E-state index in [2.05, 4.69) is 5.32 Å². The van der Waals surface area contributed by atoms with Gasteiger partial charge in [0.05, 0.1) is 18.5 Å². The summed E-state index contributed by atoms with van der Waals surface area (Å²) in [6.45, 7) is 6.26. The molecule has 0 aromatic heterocycles. The molecule has 8 heteroatoms. The zero-order chi connectivity index (χ0) is 21.6. The zero-order valence-corrected chi connectivity index (χ0v) is 18.7. The van der Waals surface area contributed by atoms with Gasteiger partial charge in [0.2, 0.25) is 15.9 Å². The van der Waals surface area contributed by atoms with Crippen LogP contribution in [0.3, 0.4) is 0 Å². The van der Waals surface area contributed by atoms with E-state index in [9.17, 15) is 13.2 Å². The van der Waals surface area contributed by atoms with Gasteiger partial charge in [-0.15, -0.1) is 0 Å². The molecule has 2 aromatic carbocycles. The minimum Gasteiger partial charge on any atom is -0.491 e. The lowest BCUT2D eigenvalue weighted by atomic mass is 10.1. The van der Waals surface area contributed by atoms with E-state index >= 15 is 0 Å². The summed E-state index contributed by atoms with van der Waals surface area (Å²) in [5.74, 6) is 0.391. The van der Waals surface area contributed by atoms with Gasteiger partial charge in [0, 0.05) is 5.02 Å². The van der Waals surface area contributed by atoms with Crippen molar-refractivity contribution in [1.29, 1.82) is 0 Å². The second-order valence-corrected chi connectivity index (χ2v) is 9.16. The molecule has 2 rings (SSSR count). The molecule has 0 bridgehead atoms. The van der Waals surface area contributed by atoms with E-state index in [-0.39, 0.29) is 19.1 Å². The number of halogens is 1. The molecular formula is C21H27ClN2O4S. The highest BCUT2D eigenvalue weighted by Crippen LogP contribution is 2.24. The average molecular weight is 439 g/mol. The molecule has 6 nitrogen and oxygen atoms in total. The number of anilines is 1. The van der Waals surface area contributed by atoms with E-state index in [1.807, 2.05) is 32.0 Å². The lowest BCUT2D eigenvalue weighted by Crippen LogP contribution is -2.50. The minimum absolute atomic E-state index is 0.265. The van der Waals surface area contributed by atoms with Gasteiger partial charge in [-0.25, -0.2) is 8.42 Å². The third-order valence-corrected chi connectivity index (χ3v) is 5.85. The topological polar surface area (TPSA) is 75.7 Å². The van der Waals surface area contributed by atoms with Gasteiger partial charge < -0.3 is 10.1 Å². The van der Waals surface area contributed by atoms with Crippen molar-refractivity contribution < 1.29 is 17.9 Å². The van der Waals surface area contributed by atoms with Crippen LogP contribution in [0.2, 0.25) is 5.02 Å². The van der Waals surface area contributed by atoms with Gasteiger partial charge >= 0.3 is 0 Å². The van der Waals surface area contributed by atoms with Crippen LogP contribution in [-0.2, 0) is 14.8 Å². The minimum atomic E-state index is -3.67. The number of amides is 1. The van der Waals surface area contributed by atoms with Crippen LogP contribution < -0.4 is 14.4 Å². The molecule has 0 aliphatic carbocycles. The van der Waals surface area contributed by atoms with E-state index in [1.165, 1.54) is 0 Å². The van der Waals surface area contributed by atoms with Crippen LogP contribution in [-0.4, -0.2) is 39.8 Å². The smallest absolute Gasteiger partial charge is 0.244 e. The van der Waals surface area contributed by atoms with Gasteiger partial charge in [-0.2, -0.15) is 0 Å². The zero-order valence-electron chi connectivity index (χ0n) is 17.1. The van der Waals surface area contributed by atoms with Gasteiger partial charge in [-0.05, 0) is 61.7 Å². The fourth-order valence-corrected chi connectivity index (χ4v) is 4.30. The Morgan fingerprint density at radius 1 is 1.17 bits per heavy atom. The normalized spacial score (nSPS) is 12.3. The molecule has 158 valence electrons. The number of hydrogen-bond acceptors (Lipinski definition) is 4. The Hall–Kier alpha value is -2.25. The molecule has 29 heavy (non-hydrogen) atoms. The SMILES string of the molecule is CCC(C(=O)NCCOc1cc(C)ccc1C)N(c1ccc(Cl)cc1)S(C)(=O)=O. The quantitative estimate of drug-likeness (QED) is 0.606. The number of rotatable bonds is 9. The first-order valence-electron chi connectivity index (χ1n) is 9.36. The summed E-state index contributed by atoms with van der Waals surface area (Å²) in [6, 6.07) is 11.4. The fourth-order valence-electron chi connectivity index (χ4n) is 2.96. The number of carbonyl (C=O) groups excluding carboxylic acids is 1. The Kier molecular flexibility index (Phi) is 7.93. The van der Waals surface area contributed by atoms with Crippen LogP contribution in [0.4, 0.5) is 5.69 Å². The largest absolute Gasteiger partial charge is 0.491 e. The molecule has 0 spiro atoms. The van der Waals surface area contributed by atoms with Crippen molar-refractivity contribution in [2.24, 2.45) is 0 Å². The number of sulfonamides is 1. The van der Waals surface area contributed by atoms with Crippen molar-refractivity contribution in [3.63, 3.8) is 0 Å². The van der Waals surface area contributed by atoms with Crippen LogP contribution in [0.5, 0.6) is 5.75 Å². The highest BCUT2D eigenvalue weighted by Gasteiger charge is 2.31. The number of nitrogens with zero attached hydrogens (tertiary/aromatic N) is 1. The number of ether oxygens (including phenoxy) is 1. The monoisotopic (exact) mass is 438 g/mol. The molecule has 2 aromatic rings. The first-order chi connectivity index (χ1) is 13.6. The van der Waals surface area contributed by atoms with Crippen molar-refractivity contribution in [2.45, 2.75) is 33.2 Å². The summed E-state index contributed by atoms with van der Waals surface area (Å²) in [5, 5.41) is 3.26. The van der Waals surface area contributed by atoms with Crippen molar-refractivity contribution in [1.82, 2.24) is 5.32 Å². The Morgan fingerprint density at radius 3 is 2.41 bits per heavy atom. The first kappa shape index (κ1) is 23.0. The van der Waals surface area contributed by atoms with Crippen LogP contribution in [0.15, 0.2) is 42.5 Å².